The summed E-state index contributed by atoms with van der Waals surface area (Å²) in [5.41, 5.74) is 2.38. The van der Waals surface area contributed by atoms with Crippen LogP contribution in [-0.4, -0.2) is 47.4 Å². The Bertz CT molecular complexity index is 982. The number of nitrogens with one attached hydrogen (secondary N) is 3. The number of fused-ring (bicyclic) bond motifs is 1. The van der Waals surface area contributed by atoms with Gasteiger partial charge in [-0.2, -0.15) is 0 Å². The molecule has 2 heterocycles. The van der Waals surface area contributed by atoms with Crippen LogP contribution in [0.2, 0.25) is 5.02 Å². The summed E-state index contributed by atoms with van der Waals surface area (Å²) in [5, 5.41) is 9.06. The molecular formula is C22H23ClN4O3. The second kappa shape index (κ2) is 8.36. The monoisotopic (exact) mass is 426 g/mol. The summed E-state index contributed by atoms with van der Waals surface area (Å²) in [6, 6.07) is 13.0. The number of hydrogen-bond acceptors (Lipinski definition) is 3. The number of piperazine rings is 1. The summed E-state index contributed by atoms with van der Waals surface area (Å²) >= 11 is 6.09. The summed E-state index contributed by atoms with van der Waals surface area (Å²) in [6.45, 7) is 2.13. The molecule has 7 nitrogen and oxygen atoms in total. The van der Waals surface area contributed by atoms with Crippen molar-refractivity contribution in [3.63, 3.8) is 0 Å². The van der Waals surface area contributed by atoms with E-state index in [9.17, 15) is 14.4 Å². The van der Waals surface area contributed by atoms with Crippen molar-refractivity contribution in [2.75, 3.05) is 11.9 Å². The van der Waals surface area contributed by atoms with E-state index in [0.29, 0.717) is 30.1 Å². The molecule has 4 amide bonds. The maximum atomic E-state index is 12.9. The van der Waals surface area contributed by atoms with Crippen molar-refractivity contribution in [2.24, 2.45) is 0 Å². The van der Waals surface area contributed by atoms with Gasteiger partial charge in [-0.1, -0.05) is 48.0 Å². The predicted molar refractivity (Wildman–Crippen MR) is 114 cm³/mol. The highest BCUT2D eigenvalue weighted by Gasteiger charge is 2.46. The van der Waals surface area contributed by atoms with E-state index in [4.69, 9.17) is 11.6 Å². The first-order chi connectivity index (χ1) is 14.4. The fraction of sp³-hybridized carbons (Fsp3) is 0.318. The lowest BCUT2D eigenvalue weighted by molar-refractivity contribution is -0.147. The van der Waals surface area contributed by atoms with Crippen molar-refractivity contribution in [2.45, 2.75) is 37.9 Å². The van der Waals surface area contributed by atoms with Crippen LogP contribution in [0.5, 0.6) is 0 Å². The molecule has 0 saturated carbocycles. The van der Waals surface area contributed by atoms with Crippen molar-refractivity contribution < 1.29 is 14.4 Å². The Hall–Kier alpha value is -3.06. The topological polar surface area (TPSA) is 90.5 Å². The molecule has 156 valence electrons. The zero-order chi connectivity index (χ0) is 21.3. The van der Waals surface area contributed by atoms with E-state index in [1.54, 1.807) is 23.1 Å². The number of hydrogen-bond donors (Lipinski definition) is 3. The highest BCUT2D eigenvalue weighted by atomic mass is 35.5. The number of rotatable bonds is 4. The number of carbonyl (C=O) groups excluding carboxylic acids is 3. The number of carbonyl (C=O) groups is 3. The Morgan fingerprint density at radius 3 is 2.70 bits per heavy atom. The van der Waals surface area contributed by atoms with E-state index in [0.717, 1.165) is 11.1 Å². The minimum Gasteiger partial charge on any atom is -0.342 e. The van der Waals surface area contributed by atoms with Crippen LogP contribution in [0, 0.1) is 6.92 Å². The maximum Gasteiger partial charge on any atom is 0.319 e. The second-order valence-corrected chi connectivity index (χ2v) is 8.11. The van der Waals surface area contributed by atoms with Gasteiger partial charge >= 0.3 is 6.03 Å². The van der Waals surface area contributed by atoms with Crippen LogP contribution in [0.25, 0.3) is 0 Å². The van der Waals surface area contributed by atoms with Gasteiger partial charge in [-0.3, -0.25) is 9.59 Å². The predicted octanol–water partition coefficient (Wildman–Crippen LogP) is 2.48. The van der Waals surface area contributed by atoms with Crippen LogP contribution in [-0.2, 0) is 16.0 Å². The van der Waals surface area contributed by atoms with Gasteiger partial charge in [0.15, 0.2) is 0 Å². The van der Waals surface area contributed by atoms with Gasteiger partial charge in [0.1, 0.15) is 12.1 Å². The van der Waals surface area contributed by atoms with Crippen LogP contribution >= 0.6 is 11.6 Å². The molecule has 8 heteroatoms. The minimum atomic E-state index is -0.585. The van der Waals surface area contributed by atoms with Gasteiger partial charge in [0.2, 0.25) is 11.8 Å². The van der Waals surface area contributed by atoms with Crippen molar-refractivity contribution in [1.29, 1.82) is 0 Å². The summed E-state index contributed by atoms with van der Waals surface area (Å²) in [6.07, 6.45) is 0.832. The average Bonchev–Trinajstić information content (AvgIpc) is 3.15. The number of nitrogens with zero attached hydrogens (tertiary/aromatic N) is 1. The lowest BCUT2D eigenvalue weighted by atomic mass is 10.0. The van der Waals surface area contributed by atoms with Crippen LogP contribution in [0.3, 0.4) is 0 Å². The van der Waals surface area contributed by atoms with Gasteiger partial charge < -0.3 is 20.9 Å². The van der Waals surface area contributed by atoms with Gasteiger partial charge in [0.25, 0.3) is 0 Å². The molecular weight excluding hydrogens is 404 g/mol. The SMILES string of the molecule is Cc1c(Cl)cccc1NC(=O)N[C@H]1C[C@H]2C(=O)N[C@@H](Cc3ccccc3)C(=O)N2C1. The van der Waals surface area contributed by atoms with E-state index in [2.05, 4.69) is 16.0 Å². The Morgan fingerprint density at radius 1 is 1.17 bits per heavy atom. The molecule has 0 spiro atoms. The van der Waals surface area contributed by atoms with Crippen molar-refractivity contribution in [3.8, 4) is 0 Å². The van der Waals surface area contributed by atoms with E-state index in [1.165, 1.54) is 0 Å². The normalized spacial score (nSPS) is 23.0. The van der Waals surface area contributed by atoms with Gasteiger partial charge in [-0.05, 0) is 36.6 Å². The molecule has 4 rings (SSSR count). The molecule has 0 unspecified atom stereocenters. The van der Waals surface area contributed by atoms with Crippen LogP contribution in [0.4, 0.5) is 10.5 Å². The Morgan fingerprint density at radius 2 is 1.93 bits per heavy atom. The third-order valence-corrected chi connectivity index (χ3v) is 6.04. The molecule has 2 aliphatic heterocycles. The van der Waals surface area contributed by atoms with E-state index in [1.807, 2.05) is 37.3 Å². The Balaban J connectivity index is 1.38. The van der Waals surface area contributed by atoms with Crippen LogP contribution in [0.1, 0.15) is 17.5 Å². The smallest absolute Gasteiger partial charge is 0.319 e. The quantitative estimate of drug-likeness (QED) is 0.701. The Kier molecular flexibility index (Phi) is 5.63. The largest absolute Gasteiger partial charge is 0.342 e. The molecule has 0 bridgehead atoms. The highest BCUT2D eigenvalue weighted by molar-refractivity contribution is 6.31. The number of urea groups is 1. The van der Waals surface area contributed by atoms with E-state index in [-0.39, 0.29) is 23.9 Å². The lowest BCUT2D eigenvalue weighted by Crippen LogP contribution is -2.61. The van der Waals surface area contributed by atoms with E-state index < -0.39 is 12.1 Å². The lowest BCUT2D eigenvalue weighted by Gasteiger charge is -2.34. The second-order valence-electron chi connectivity index (χ2n) is 7.70. The zero-order valence-corrected chi connectivity index (χ0v) is 17.3. The molecule has 0 aromatic heterocycles. The number of amides is 4. The van der Waals surface area contributed by atoms with Gasteiger partial charge in [-0.15, -0.1) is 0 Å². The summed E-state index contributed by atoms with van der Waals surface area (Å²) in [4.78, 5) is 39.5. The molecule has 0 radical (unpaired) electrons. The van der Waals surface area contributed by atoms with Gasteiger partial charge in [0.05, 0.1) is 6.04 Å². The number of anilines is 1. The molecule has 2 aromatic rings. The highest BCUT2D eigenvalue weighted by Crippen LogP contribution is 2.25. The van der Waals surface area contributed by atoms with Gasteiger partial charge in [0, 0.05) is 23.7 Å². The standard InChI is InChI=1S/C22H23ClN4O3/c1-13-16(23)8-5-9-17(13)26-22(30)24-15-11-19-20(28)25-18(21(29)27(19)12-15)10-14-6-3-2-4-7-14/h2-9,15,18-19H,10-12H2,1H3,(H,25,28)(H2,24,26,30)/t15-,18-,19-/m0/s1. The minimum absolute atomic E-state index is 0.112. The first-order valence-corrected chi connectivity index (χ1v) is 10.3. The molecule has 0 aliphatic carbocycles. The van der Waals surface area contributed by atoms with E-state index >= 15 is 0 Å². The van der Waals surface area contributed by atoms with Gasteiger partial charge in [-0.25, -0.2) is 4.79 Å². The zero-order valence-electron chi connectivity index (χ0n) is 16.5. The first-order valence-electron chi connectivity index (χ1n) is 9.90. The van der Waals surface area contributed by atoms with Crippen molar-refractivity contribution >= 4 is 35.1 Å². The number of halogens is 1. The molecule has 2 saturated heterocycles. The molecule has 2 aromatic carbocycles. The fourth-order valence-corrected chi connectivity index (χ4v) is 4.21. The Labute approximate surface area is 179 Å². The molecule has 2 fully saturated rings. The third kappa shape index (κ3) is 4.11. The fourth-order valence-electron chi connectivity index (χ4n) is 4.04. The van der Waals surface area contributed by atoms with Crippen molar-refractivity contribution in [1.82, 2.24) is 15.5 Å². The molecule has 3 atom stereocenters. The first kappa shape index (κ1) is 20.2. The van der Waals surface area contributed by atoms with Crippen molar-refractivity contribution in [3.05, 3.63) is 64.7 Å². The average molecular weight is 427 g/mol. The summed E-state index contributed by atoms with van der Waals surface area (Å²) in [7, 11) is 0. The summed E-state index contributed by atoms with van der Waals surface area (Å²) in [5.74, 6) is -0.287. The van der Waals surface area contributed by atoms with Crippen LogP contribution < -0.4 is 16.0 Å². The maximum absolute atomic E-state index is 12.9. The molecule has 30 heavy (non-hydrogen) atoms. The molecule has 2 aliphatic rings. The number of benzene rings is 2. The van der Waals surface area contributed by atoms with Crippen LogP contribution in [0.15, 0.2) is 48.5 Å². The third-order valence-electron chi connectivity index (χ3n) is 5.64. The molecule has 3 N–H and O–H groups in total. The summed E-state index contributed by atoms with van der Waals surface area (Å²) < 4.78 is 0.